The maximum atomic E-state index is 3.88. The SMILES string of the molecule is CCCCCN1CC(C(C)CC)NCC12CCCC2. The summed E-state index contributed by atoms with van der Waals surface area (Å²) in [6.45, 7) is 10.9. The van der Waals surface area contributed by atoms with E-state index in [4.69, 9.17) is 0 Å². The molecule has 1 aliphatic carbocycles. The van der Waals surface area contributed by atoms with Crippen LogP contribution in [-0.2, 0) is 0 Å². The van der Waals surface area contributed by atoms with Crippen molar-refractivity contribution in [2.45, 2.75) is 83.7 Å². The Hall–Kier alpha value is -0.0800. The number of rotatable bonds is 6. The molecule has 112 valence electrons. The lowest BCUT2D eigenvalue weighted by molar-refractivity contribution is 0.0295. The standard InChI is InChI=1S/C17H34N2/c1-4-6-9-12-19-13-16(15(3)5-2)18-14-17(19)10-7-8-11-17/h15-16,18H,4-14H2,1-3H3. The first-order valence-electron chi connectivity index (χ1n) is 8.70. The molecule has 1 N–H and O–H groups in total. The van der Waals surface area contributed by atoms with Gasteiger partial charge in [0.05, 0.1) is 0 Å². The second kappa shape index (κ2) is 7.08. The highest BCUT2D eigenvalue weighted by Crippen LogP contribution is 2.37. The van der Waals surface area contributed by atoms with E-state index in [0.717, 1.165) is 12.0 Å². The molecule has 1 spiro atoms. The Morgan fingerprint density at radius 1 is 1.21 bits per heavy atom. The van der Waals surface area contributed by atoms with Gasteiger partial charge in [-0.05, 0) is 31.7 Å². The highest BCUT2D eigenvalue weighted by atomic mass is 15.3. The van der Waals surface area contributed by atoms with Crippen molar-refractivity contribution in [1.29, 1.82) is 0 Å². The van der Waals surface area contributed by atoms with Gasteiger partial charge in [-0.3, -0.25) is 4.90 Å². The molecule has 1 saturated carbocycles. The largest absolute Gasteiger partial charge is 0.311 e. The molecule has 0 bridgehead atoms. The van der Waals surface area contributed by atoms with Gasteiger partial charge < -0.3 is 5.32 Å². The summed E-state index contributed by atoms with van der Waals surface area (Å²) >= 11 is 0. The van der Waals surface area contributed by atoms with Crippen LogP contribution in [0.3, 0.4) is 0 Å². The average molecular weight is 266 g/mol. The minimum Gasteiger partial charge on any atom is -0.311 e. The fourth-order valence-electron chi connectivity index (χ4n) is 4.00. The molecule has 1 saturated heterocycles. The summed E-state index contributed by atoms with van der Waals surface area (Å²) in [6.07, 6.45) is 11.2. The zero-order valence-electron chi connectivity index (χ0n) is 13.4. The van der Waals surface area contributed by atoms with Gasteiger partial charge in [-0.25, -0.2) is 0 Å². The summed E-state index contributed by atoms with van der Waals surface area (Å²) in [5, 5.41) is 3.88. The maximum absolute atomic E-state index is 3.88. The lowest BCUT2D eigenvalue weighted by Gasteiger charge is -2.49. The highest BCUT2D eigenvalue weighted by molar-refractivity contribution is 5.02. The summed E-state index contributed by atoms with van der Waals surface area (Å²) in [5.41, 5.74) is 0.525. The lowest BCUT2D eigenvalue weighted by atomic mass is 9.87. The third-order valence-electron chi connectivity index (χ3n) is 5.68. The van der Waals surface area contributed by atoms with Crippen LogP contribution in [0.4, 0.5) is 0 Å². The van der Waals surface area contributed by atoms with Crippen LogP contribution in [0.15, 0.2) is 0 Å². The molecule has 2 fully saturated rings. The van der Waals surface area contributed by atoms with Crippen molar-refractivity contribution < 1.29 is 0 Å². The summed E-state index contributed by atoms with van der Waals surface area (Å²) in [6, 6.07) is 0.720. The van der Waals surface area contributed by atoms with E-state index in [-0.39, 0.29) is 0 Å². The van der Waals surface area contributed by atoms with E-state index in [9.17, 15) is 0 Å². The van der Waals surface area contributed by atoms with E-state index in [1.807, 2.05) is 0 Å². The van der Waals surface area contributed by atoms with E-state index in [0.29, 0.717) is 5.54 Å². The Morgan fingerprint density at radius 2 is 1.95 bits per heavy atom. The number of piperazine rings is 1. The van der Waals surface area contributed by atoms with Crippen LogP contribution < -0.4 is 5.32 Å². The van der Waals surface area contributed by atoms with Crippen molar-refractivity contribution in [1.82, 2.24) is 10.2 Å². The fourth-order valence-corrected chi connectivity index (χ4v) is 4.00. The van der Waals surface area contributed by atoms with E-state index in [2.05, 4.69) is 31.0 Å². The first-order chi connectivity index (χ1) is 9.22. The molecule has 2 heteroatoms. The summed E-state index contributed by atoms with van der Waals surface area (Å²) in [5.74, 6) is 0.812. The molecule has 2 unspecified atom stereocenters. The van der Waals surface area contributed by atoms with Crippen LogP contribution in [0.5, 0.6) is 0 Å². The molecule has 1 aliphatic heterocycles. The van der Waals surface area contributed by atoms with Crippen LogP contribution in [0.25, 0.3) is 0 Å². The van der Waals surface area contributed by atoms with Crippen LogP contribution in [0.1, 0.15) is 72.1 Å². The molecule has 19 heavy (non-hydrogen) atoms. The minimum atomic E-state index is 0.525. The first kappa shape index (κ1) is 15.3. The molecule has 2 aliphatic rings. The third-order valence-corrected chi connectivity index (χ3v) is 5.68. The number of hydrogen-bond acceptors (Lipinski definition) is 2. The Morgan fingerprint density at radius 3 is 2.58 bits per heavy atom. The van der Waals surface area contributed by atoms with Gasteiger partial charge in [0.2, 0.25) is 0 Å². The zero-order chi connectivity index (χ0) is 13.7. The number of unbranched alkanes of at least 4 members (excludes halogenated alkanes) is 2. The first-order valence-corrected chi connectivity index (χ1v) is 8.70. The predicted octanol–water partition coefficient (Wildman–Crippen LogP) is 3.81. The predicted molar refractivity (Wildman–Crippen MR) is 83.5 cm³/mol. The normalized spacial score (nSPS) is 28.9. The molecule has 0 radical (unpaired) electrons. The van der Waals surface area contributed by atoms with Crippen LogP contribution in [0.2, 0.25) is 0 Å². The summed E-state index contributed by atoms with van der Waals surface area (Å²) in [7, 11) is 0. The van der Waals surface area contributed by atoms with Crippen molar-refractivity contribution in [2.75, 3.05) is 19.6 Å². The van der Waals surface area contributed by atoms with Gasteiger partial charge in [0.15, 0.2) is 0 Å². The quantitative estimate of drug-likeness (QED) is 0.736. The number of nitrogens with one attached hydrogen (secondary N) is 1. The minimum absolute atomic E-state index is 0.525. The highest BCUT2D eigenvalue weighted by Gasteiger charge is 2.43. The lowest BCUT2D eigenvalue weighted by Crippen LogP contribution is -2.64. The number of hydrogen-bond donors (Lipinski definition) is 1. The van der Waals surface area contributed by atoms with Gasteiger partial charge in [-0.2, -0.15) is 0 Å². The molecule has 0 amide bonds. The van der Waals surface area contributed by atoms with Gasteiger partial charge in [-0.1, -0.05) is 52.9 Å². The Bertz CT molecular complexity index is 258. The molecule has 0 aromatic heterocycles. The average Bonchev–Trinajstić information content (AvgIpc) is 2.90. The zero-order valence-corrected chi connectivity index (χ0v) is 13.4. The van der Waals surface area contributed by atoms with Crippen LogP contribution in [0, 0.1) is 5.92 Å². The molecule has 0 aromatic rings. The van der Waals surface area contributed by atoms with Crippen molar-refractivity contribution in [3.8, 4) is 0 Å². The fraction of sp³-hybridized carbons (Fsp3) is 1.00. The second-order valence-corrected chi connectivity index (χ2v) is 6.96. The van der Waals surface area contributed by atoms with Crippen LogP contribution in [-0.4, -0.2) is 36.1 Å². The molecule has 0 aromatic carbocycles. The maximum Gasteiger partial charge on any atom is 0.0334 e. The molecule has 1 heterocycles. The van der Waals surface area contributed by atoms with Gasteiger partial charge in [0, 0.05) is 24.7 Å². The van der Waals surface area contributed by atoms with E-state index < -0.39 is 0 Å². The van der Waals surface area contributed by atoms with Gasteiger partial charge in [0.1, 0.15) is 0 Å². The van der Waals surface area contributed by atoms with Gasteiger partial charge in [-0.15, -0.1) is 0 Å². The molecule has 2 atom stereocenters. The van der Waals surface area contributed by atoms with Gasteiger partial charge >= 0.3 is 0 Å². The Kier molecular flexibility index (Phi) is 5.70. The van der Waals surface area contributed by atoms with E-state index in [1.165, 1.54) is 71.0 Å². The molecular formula is C17H34N2. The van der Waals surface area contributed by atoms with Crippen LogP contribution >= 0.6 is 0 Å². The topological polar surface area (TPSA) is 15.3 Å². The smallest absolute Gasteiger partial charge is 0.0334 e. The van der Waals surface area contributed by atoms with Crippen molar-refractivity contribution in [2.24, 2.45) is 5.92 Å². The number of nitrogens with zero attached hydrogens (tertiary/aromatic N) is 1. The van der Waals surface area contributed by atoms with Gasteiger partial charge in [0.25, 0.3) is 0 Å². The van der Waals surface area contributed by atoms with Crippen molar-refractivity contribution in [3.63, 3.8) is 0 Å². The van der Waals surface area contributed by atoms with Crippen molar-refractivity contribution in [3.05, 3.63) is 0 Å². The summed E-state index contributed by atoms with van der Waals surface area (Å²) < 4.78 is 0. The molecule has 2 rings (SSSR count). The molecule has 2 nitrogen and oxygen atoms in total. The van der Waals surface area contributed by atoms with E-state index in [1.54, 1.807) is 0 Å². The monoisotopic (exact) mass is 266 g/mol. The Labute approximate surface area is 120 Å². The second-order valence-electron chi connectivity index (χ2n) is 6.96. The summed E-state index contributed by atoms with van der Waals surface area (Å²) in [4.78, 5) is 2.88. The van der Waals surface area contributed by atoms with E-state index >= 15 is 0 Å². The van der Waals surface area contributed by atoms with Crippen molar-refractivity contribution >= 4 is 0 Å². The Balaban J connectivity index is 1.97. The molecular weight excluding hydrogens is 232 g/mol. The third kappa shape index (κ3) is 3.52.